The van der Waals surface area contributed by atoms with Crippen molar-refractivity contribution in [2.75, 3.05) is 18.8 Å². The summed E-state index contributed by atoms with van der Waals surface area (Å²) < 4.78 is 0. The van der Waals surface area contributed by atoms with E-state index in [1.807, 2.05) is 6.07 Å². The van der Waals surface area contributed by atoms with Gasteiger partial charge in [-0.05, 0) is 29.2 Å². The van der Waals surface area contributed by atoms with Gasteiger partial charge in [0.15, 0.2) is 0 Å². The van der Waals surface area contributed by atoms with E-state index < -0.39 is 0 Å². The van der Waals surface area contributed by atoms with Gasteiger partial charge >= 0.3 is 0 Å². The summed E-state index contributed by atoms with van der Waals surface area (Å²) in [5.74, 6) is 1.47. The maximum atomic E-state index is 5.89. The smallest absolute Gasteiger partial charge is 0.0317 e. The van der Waals surface area contributed by atoms with Crippen LogP contribution in [0.5, 0.6) is 0 Å². The molecule has 0 amide bonds. The van der Waals surface area contributed by atoms with Crippen molar-refractivity contribution < 1.29 is 0 Å². The van der Waals surface area contributed by atoms with Crippen LogP contribution < -0.4 is 5.73 Å². The molecule has 2 N–H and O–H groups in total. The number of nitrogens with two attached hydrogens (primary N) is 1. The fourth-order valence-electron chi connectivity index (χ4n) is 2.90. The van der Waals surface area contributed by atoms with E-state index in [-0.39, 0.29) is 5.41 Å². The zero-order valence-corrected chi connectivity index (χ0v) is 11.4. The maximum Gasteiger partial charge on any atom is 0.0317 e. The average molecular weight is 231 g/mol. The molecule has 1 aromatic rings. The number of nitrogens with zero attached hydrogens (tertiary/aromatic N) is 1. The van der Waals surface area contributed by atoms with E-state index in [4.69, 9.17) is 5.73 Å². The van der Waals surface area contributed by atoms with Crippen LogP contribution in [-0.4, -0.2) is 18.0 Å². The minimum absolute atomic E-state index is 0.219. The summed E-state index contributed by atoms with van der Waals surface area (Å²) in [4.78, 5) is 2.51. The molecule has 0 fully saturated rings. The first kappa shape index (κ1) is 12.4. The topological polar surface area (TPSA) is 29.3 Å². The second-order valence-corrected chi connectivity index (χ2v) is 6.15. The lowest BCUT2D eigenvalue weighted by Crippen LogP contribution is -2.43. The summed E-state index contributed by atoms with van der Waals surface area (Å²) in [6.07, 6.45) is 0. The Morgan fingerprint density at radius 1 is 1.35 bits per heavy atom. The number of hydrogen-bond donors (Lipinski definition) is 1. The van der Waals surface area contributed by atoms with Crippen LogP contribution in [0.25, 0.3) is 0 Å². The lowest BCUT2D eigenvalue weighted by atomic mass is 9.78. The molecule has 0 saturated carbocycles. The first-order valence-corrected chi connectivity index (χ1v) is 6.29. The second kappa shape index (κ2) is 4.34. The molecular weight excluding hydrogens is 208 g/mol. The van der Waals surface area contributed by atoms with E-state index in [0.29, 0.717) is 0 Å². The third kappa shape index (κ3) is 2.63. The van der Waals surface area contributed by atoms with Crippen molar-refractivity contribution in [2.45, 2.75) is 39.7 Å². The van der Waals surface area contributed by atoms with Gasteiger partial charge in [-0.1, -0.05) is 33.8 Å². The normalized spacial score (nSPS) is 19.4. The van der Waals surface area contributed by atoms with Crippen molar-refractivity contribution in [2.24, 2.45) is 0 Å². The molecule has 0 saturated heterocycles. The summed E-state index contributed by atoms with van der Waals surface area (Å²) in [6, 6.07) is 6.35. The molecule has 1 radical (unpaired) electrons. The summed E-state index contributed by atoms with van der Waals surface area (Å²) in [5, 5.41) is 0. The summed E-state index contributed by atoms with van der Waals surface area (Å²) in [6.45, 7) is 12.3. The molecule has 0 spiro atoms. The van der Waals surface area contributed by atoms with E-state index in [0.717, 1.165) is 25.3 Å². The molecular formula is C15H23N2. The Labute approximate surface area is 105 Å². The van der Waals surface area contributed by atoms with E-state index in [1.54, 1.807) is 0 Å². The fourth-order valence-corrected chi connectivity index (χ4v) is 2.90. The molecule has 2 nitrogen and oxygen atoms in total. The SMILES string of the molecule is C[C](C)CN1Cc2cc(N)ccc2C(C)(C)C1. The number of hydrogen-bond acceptors (Lipinski definition) is 2. The molecule has 17 heavy (non-hydrogen) atoms. The Balaban J connectivity index is 2.31. The predicted molar refractivity (Wildman–Crippen MR) is 73.7 cm³/mol. The van der Waals surface area contributed by atoms with Gasteiger partial charge in [0.2, 0.25) is 0 Å². The first-order chi connectivity index (χ1) is 7.88. The molecule has 93 valence electrons. The molecule has 2 rings (SSSR count). The van der Waals surface area contributed by atoms with Crippen molar-refractivity contribution in [3.05, 3.63) is 35.2 Å². The Morgan fingerprint density at radius 2 is 2.06 bits per heavy atom. The third-order valence-electron chi connectivity index (χ3n) is 3.41. The minimum Gasteiger partial charge on any atom is -0.399 e. The summed E-state index contributed by atoms with van der Waals surface area (Å²) in [5.41, 5.74) is 9.83. The first-order valence-electron chi connectivity index (χ1n) is 6.29. The van der Waals surface area contributed by atoms with Crippen LogP contribution in [0.15, 0.2) is 18.2 Å². The fraction of sp³-hybridized carbons (Fsp3) is 0.533. The van der Waals surface area contributed by atoms with Gasteiger partial charge in [0.1, 0.15) is 0 Å². The molecule has 0 aliphatic carbocycles. The van der Waals surface area contributed by atoms with Gasteiger partial charge in [0.05, 0.1) is 0 Å². The molecule has 2 heteroatoms. The zero-order chi connectivity index (χ0) is 12.6. The van der Waals surface area contributed by atoms with Crippen LogP contribution in [0, 0.1) is 5.92 Å². The Morgan fingerprint density at radius 3 is 2.71 bits per heavy atom. The molecule has 1 aliphatic heterocycles. The Kier molecular flexibility index (Phi) is 3.17. The van der Waals surface area contributed by atoms with Crippen LogP contribution in [0.2, 0.25) is 0 Å². The van der Waals surface area contributed by atoms with Crippen molar-refractivity contribution in [1.29, 1.82) is 0 Å². The van der Waals surface area contributed by atoms with Gasteiger partial charge < -0.3 is 5.73 Å². The summed E-state index contributed by atoms with van der Waals surface area (Å²) >= 11 is 0. The highest BCUT2D eigenvalue weighted by atomic mass is 15.1. The third-order valence-corrected chi connectivity index (χ3v) is 3.41. The van der Waals surface area contributed by atoms with Gasteiger partial charge in [-0.15, -0.1) is 0 Å². The van der Waals surface area contributed by atoms with E-state index >= 15 is 0 Å². The molecule has 0 bridgehead atoms. The van der Waals surface area contributed by atoms with Crippen LogP contribution in [0.4, 0.5) is 5.69 Å². The molecule has 1 aliphatic rings. The minimum atomic E-state index is 0.219. The Bertz CT molecular complexity index is 407. The number of fused-ring (bicyclic) bond motifs is 1. The van der Waals surface area contributed by atoms with Crippen molar-refractivity contribution in [3.63, 3.8) is 0 Å². The van der Waals surface area contributed by atoms with Gasteiger partial charge in [0.25, 0.3) is 0 Å². The number of anilines is 1. The second-order valence-electron chi connectivity index (χ2n) is 6.15. The number of benzene rings is 1. The molecule has 0 atom stereocenters. The van der Waals surface area contributed by atoms with Crippen LogP contribution in [0.1, 0.15) is 38.8 Å². The van der Waals surface area contributed by atoms with Crippen molar-refractivity contribution in [3.8, 4) is 0 Å². The van der Waals surface area contributed by atoms with Gasteiger partial charge in [-0.2, -0.15) is 0 Å². The zero-order valence-electron chi connectivity index (χ0n) is 11.4. The largest absolute Gasteiger partial charge is 0.399 e. The quantitative estimate of drug-likeness (QED) is 0.793. The van der Waals surface area contributed by atoms with Gasteiger partial charge in [0, 0.05) is 30.7 Å². The maximum absolute atomic E-state index is 5.89. The highest BCUT2D eigenvalue weighted by molar-refractivity contribution is 5.48. The van der Waals surface area contributed by atoms with Gasteiger partial charge in [-0.25, -0.2) is 0 Å². The molecule has 1 heterocycles. The van der Waals surface area contributed by atoms with E-state index in [1.165, 1.54) is 17.0 Å². The Hall–Kier alpha value is -1.02. The standard InChI is InChI=1S/C15H23N2/c1-11(2)8-17-9-12-7-13(16)5-6-14(12)15(3,4)10-17/h5-7H,8-10,16H2,1-4H3. The van der Waals surface area contributed by atoms with E-state index in [2.05, 4.69) is 44.7 Å². The summed E-state index contributed by atoms with van der Waals surface area (Å²) in [7, 11) is 0. The van der Waals surface area contributed by atoms with Crippen molar-refractivity contribution >= 4 is 5.69 Å². The molecule has 0 aromatic heterocycles. The number of nitrogen functional groups attached to an aromatic ring is 1. The average Bonchev–Trinajstić information content (AvgIpc) is 2.13. The lowest BCUT2D eigenvalue weighted by Gasteiger charge is -2.40. The van der Waals surface area contributed by atoms with Crippen LogP contribution >= 0.6 is 0 Å². The van der Waals surface area contributed by atoms with Crippen molar-refractivity contribution in [1.82, 2.24) is 4.90 Å². The molecule has 0 unspecified atom stereocenters. The highest BCUT2D eigenvalue weighted by Gasteiger charge is 2.31. The monoisotopic (exact) mass is 231 g/mol. The van der Waals surface area contributed by atoms with Crippen LogP contribution in [-0.2, 0) is 12.0 Å². The number of rotatable bonds is 2. The van der Waals surface area contributed by atoms with E-state index in [9.17, 15) is 0 Å². The lowest BCUT2D eigenvalue weighted by molar-refractivity contribution is 0.201. The highest BCUT2D eigenvalue weighted by Crippen LogP contribution is 2.34. The van der Waals surface area contributed by atoms with Gasteiger partial charge in [-0.3, -0.25) is 4.90 Å². The molecule has 1 aromatic carbocycles. The predicted octanol–water partition coefficient (Wildman–Crippen LogP) is 2.98. The van der Waals surface area contributed by atoms with Crippen LogP contribution in [0.3, 0.4) is 0 Å².